The molecule has 1 aliphatic rings. The van der Waals surface area contributed by atoms with Crippen molar-refractivity contribution in [1.82, 2.24) is 10.2 Å². The molecular formula is C17H22F2N2O5. The number of carboxylic acid groups (broad SMARTS) is 1. The lowest BCUT2D eigenvalue weighted by atomic mass is 9.88. The number of carbonyl (C=O) groups is 2. The van der Waals surface area contributed by atoms with E-state index in [1.807, 2.05) is 0 Å². The van der Waals surface area contributed by atoms with Gasteiger partial charge in [0.15, 0.2) is 0 Å². The quantitative estimate of drug-likeness (QED) is 0.750. The molecule has 2 amide bonds. The van der Waals surface area contributed by atoms with Gasteiger partial charge < -0.3 is 24.8 Å². The molecule has 1 saturated heterocycles. The van der Waals surface area contributed by atoms with Crippen LogP contribution in [0.4, 0.5) is 18.4 Å². The van der Waals surface area contributed by atoms with E-state index in [0.717, 1.165) is 6.07 Å². The first-order chi connectivity index (χ1) is 12.4. The van der Waals surface area contributed by atoms with Crippen LogP contribution in [-0.4, -0.2) is 55.5 Å². The Bertz CT molecular complexity index is 623. The van der Waals surface area contributed by atoms with Gasteiger partial charge in [0.05, 0.1) is 19.8 Å². The molecule has 1 aromatic carbocycles. The molecule has 1 fully saturated rings. The molecule has 0 bridgehead atoms. The highest BCUT2D eigenvalue weighted by atomic mass is 19.1. The minimum Gasteiger partial charge on any atom is -0.465 e. The fourth-order valence-electron chi connectivity index (χ4n) is 3.09. The molecule has 0 aromatic heterocycles. The van der Waals surface area contributed by atoms with Gasteiger partial charge in [-0.05, 0) is 30.5 Å². The fourth-order valence-corrected chi connectivity index (χ4v) is 3.09. The van der Waals surface area contributed by atoms with Crippen molar-refractivity contribution in [2.45, 2.75) is 18.9 Å². The van der Waals surface area contributed by atoms with E-state index >= 15 is 0 Å². The number of nitrogens with zero attached hydrogens (tertiary/aromatic N) is 1. The SMILES string of the molecule is COC(=O)NCCOC(c1cc(F)cc(F)c1)C1CCCN(C(=O)O)C1. The lowest BCUT2D eigenvalue weighted by Crippen LogP contribution is -2.41. The van der Waals surface area contributed by atoms with Crippen LogP contribution < -0.4 is 5.32 Å². The summed E-state index contributed by atoms with van der Waals surface area (Å²) in [5.74, 6) is -1.71. The first kappa shape index (κ1) is 19.9. The molecule has 2 atom stereocenters. The van der Waals surface area contributed by atoms with Crippen LogP contribution >= 0.6 is 0 Å². The van der Waals surface area contributed by atoms with E-state index in [-0.39, 0.29) is 25.6 Å². The van der Waals surface area contributed by atoms with Crippen molar-refractivity contribution >= 4 is 12.2 Å². The summed E-state index contributed by atoms with van der Waals surface area (Å²) >= 11 is 0. The Balaban J connectivity index is 2.12. The smallest absolute Gasteiger partial charge is 0.407 e. The number of methoxy groups -OCH3 is 1. The van der Waals surface area contributed by atoms with Crippen LogP contribution in [0.25, 0.3) is 0 Å². The highest BCUT2D eigenvalue weighted by Crippen LogP contribution is 2.33. The number of halogens is 2. The zero-order valence-electron chi connectivity index (χ0n) is 14.4. The van der Waals surface area contributed by atoms with Crippen molar-refractivity contribution in [2.75, 3.05) is 33.4 Å². The van der Waals surface area contributed by atoms with Crippen molar-refractivity contribution in [3.8, 4) is 0 Å². The molecule has 0 spiro atoms. The van der Waals surface area contributed by atoms with Crippen molar-refractivity contribution in [3.05, 3.63) is 35.4 Å². The molecule has 0 radical (unpaired) electrons. The summed E-state index contributed by atoms with van der Waals surface area (Å²) in [5, 5.41) is 11.7. The third kappa shape index (κ3) is 5.55. The zero-order chi connectivity index (χ0) is 19.1. The summed E-state index contributed by atoms with van der Waals surface area (Å²) < 4.78 is 37.5. The highest BCUT2D eigenvalue weighted by Gasteiger charge is 2.31. The molecule has 0 aliphatic carbocycles. The first-order valence-electron chi connectivity index (χ1n) is 8.28. The maximum atomic E-state index is 13.6. The summed E-state index contributed by atoms with van der Waals surface area (Å²) in [6.45, 7) is 0.861. The second-order valence-corrected chi connectivity index (χ2v) is 6.04. The van der Waals surface area contributed by atoms with Crippen LogP contribution in [0.2, 0.25) is 0 Å². The summed E-state index contributed by atoms with van der Waals surface area (Å²) in [7, 11) is 1.23. The lowest BCUT2D eigenvalue weighted by Gasteiger charge is -2.35. The monoisotopic (exact) mass is 372 g/mol. The number of nitrogens with one attached hydrogen (secondary N) is 1. The molecule has 1 aliphatic heterocycles. The summed E-state index contributed by atoms with van der Waals surface area (Å²) in [5.41, 5.74) is 0.304. The third-order valence-electron chi connectivity index (χ3n) is 4.22. The molecule has 7 nitrogen and oxygen atoms in total. The molecule has 9 heteroatoms. The minimum absolute atomic E-state index is 0.0848. The minimum atomic E-state index is -1.04. The molecule has 1 aromatic rings. The molecule has 2 unspecified atom stereocenters. The van der Waals surface area contributed by atoms with Gasteiger partial charge in [-0.3, -0.25) is 0 Å². The van der Waals surface area contributed by atoms with E-state index < -0.39 is 29.9 Å². The predicted molar refractivity (Wildman–Crippen MR) is 87.8 cm³/mol. The van der Waals surface area contributed by atoms with Crippen molar-refractivity contribution in [3.63, 3.8) is 0 Å². The van der Waals surface area contributed by atoms with Crippen molar-refractivity contribution in [2.24, 2.45) is 5.92 Å². The van der Waals surface area contributed by atoms with E-state index in [1.165, 1.54) is 24.1 Å². The van der Waals surface area contributed by atoms with Crippen LogP contribution in [0, 0.1) is 17.6 Å². The van der Waals surface area contributed by atoms with Gasteiger partial charge in [-0.2, -0.15) is 0 Å². The Morgan fingerprint density at radius 2 is 2.04 bits per heavy atom. The average Bonchev–Trinajstić information content (AvgIpc) is 2.60. The Hall–Kier alpha value is -2.42. The normalized spacial score (nSPS) is 18.3. The Morgan fingerprint density at radius 1 is 1.35 bits per heavy atom. The number of hydrogen-bond donors (Lipinski definition) is 2. The fraction of sp³-hybridized carbons (Fsp3) is 0.529. The third-order valence-corrected chi connectivity index (χ3v) is 4.22. The summed E-state index contributed by atoms with van der Waals surface area (Å²) in [6, 6.07) is 3.13. The van der Waals surface area contributed by atoms with Crippen LogP contribution in [0.3, 0.4) is 0 Å². The second kappa shape index (κ2) is 9.33. The van der Waals surface area contributed by atoms with Crippen molar-refractivity contribution in [1.29, 1.82) is 0 Å². The standard InChI is InChI=1S/C17H22F2N2O5/c1-25-16(22)20-4-6-26-15(12-7-13(18)9-14(19)8-12)11-3-2-5-21(10-11)17(23)24/h7-9,11,15H,2-6,10H2,1H3,(H,20,22)(H,23,24). The van der Waals surface area contributed by atoms with Gasteiger partial charge in [0, 0.05) is 31.6 Å². The summed E-state index contributed by atoms with van der Waals surface area (Å²) in [4.78, 5) is 23.6. The van der Waals surface area contributed by atoms with E-state index in [4.69, 9.17) is 4.74 Å². The lowest BCUT2D eigenvalue weighted by molar-refractivity contribution is -0.0120. The number of piperidine rings is 1. The van der Waals surface area contributed by atoms with E-state index in [2.05, 4.69) is 10.1 Å². The summed E-state index contributed by atoms with van der Waals surface area (Å²) in [6.07, 6.45) is -1.05. The molecule has 1 heterocycles. The number of hydrogen-bond acceptors (Lipinski definition) is 4. The molecule has 26 heavy (non-hydrogen) atoms. The Kier molecular flexibility index (Phi) is 7.14. The number of rotatable bonds is 6. The highest BCUT2D eigenvalue weighted by molar-refractivity contribution is 5.66. The largest absolute Gasteiger partial charge is 0.465 e. The Labute approximate surface area is 149 Å². The van der Waals surface area contributed by atoms with Crippen LogP contribution in [-0.2, 0) is 9.47 Å². The number of ether oxygens (including phenoxy) is 2. The molecule has 2 N–H and O–H groups in total. The Morgan fingerprint density at radius 3 is 2.65 bits per heavy atom. The average molecular weight is 372 g/mol. The number of likely N-dealkylation sites (tertiary alicyclic amines) is 1. The molecular weight excluding hydrogens is 350 g/mol. The van der Waals surface area contributed by atoms with Gasteiger partial charge in [0.25, 0.3) is 0 Å². The maximum Gasteiger partial charge on any atom is 0.407 e. The van der Waals surface area contributed by atoms with Crippen molar-refractivity contribution < 1.29 is 33.0 Å². The molecule has 144 valence electrons. The van der Waals surface area contributed by atoms with Crippen LogP contribution in [0.1, 0.15) is 24.5 Å². The number of alkyl carbamates (subject to hydrolysis) is 1. The predicted octanol–water partition coefficient (Wildman–Crippen LogP) is 2.77. The number of amides is 2. The first-order valence-corrected chi connectivity index (χ1v) is 8.28. The van der Waals surface area contributed by atoms with Gasteiger partial charge in [0.1, 0.15) is 11.6 Å². The zero-order valence-corrected chi connectivity index (χ0v) is 14.4. The molecule has 2 rings (SSSR count). The number of benzene rings is 1. The maximum absolute atomic E-state index is 13.6. The van der Waals surface area contributed by atoms with E-state index in [1.54, 1.807) is 0 Å². The van der Waals surface area contributed by atoms with Gasteiger partial charge >= 0.3 is 12.2 Å². The van der Waals surface area contributed by atoms with E-state index in [9.17, 15) is 23.5 Å². The van der Waals surface area contributed by atoms with Gasteiger partial charge in [-0.25, -0.2) is 18.4 Å². The van der Waals surface area contributed by atoms with Gasteiger partial charge in [-0.1, -0.05) is 0 Å². The second-order valence-electron chi connectivity index (χ2n) is 6.04. The molecule has 0 saturated carbocycles. The van der Waals surface area contributed by atoms with Gasteiger partial charge in [0.2, 0.25) is 0 Å². The number of carbonyl (C=O) groups excluding carboxylic acids is 1. The topological polar surface area (TPSA) is 88.1 Å². The van der Waals surface area contributed by atoms with Crippen LogP contribution in [0.5, 0.6) is 0 Å². The van der Waals surface area contributed by atoms with Gasteiger partial charge in [-0.15, -0.1) is 0 Å². The van der Waals surface area contributed by atoms with Crippen LogP contribution in [0.15, 0.2) is 18.2 Å². The van der Waals surface area contributed by atoms with E-state index in [0.29, 0.717) is 24.9 Å².